The molecule has 0 fully saturated rings. The molecule has 2 heteroatoms. The summed E-state index contributed by atoms with van der Waals surface area (Å²) in [6, 6.07) is 15.3. The Balaban J connectivity index is 2.29. The fraction of sp³-hybridized carbons (Fsp3) is 0.286. The molecular weight excluding hydrogens is 280 g/mol. The quantitative estimate of drug-likeness (QED) is 0.442. The first-order valence-electron chi connectivity index (χ1n) is 8.29. The summed E-state index contributed by atoms with van der Waals surface area (Å²) >= 11 is 0. The van der Waals surface area contributed by atoms with Crippen LogP contribution in [0.25, 0.3) is 27.3 Å². The highest BCUT2D eigenvalue weighted by Crippen LogP contribution is 2.39. The highest BCUT2D eigenvalue weighted by molar-refractivity contribution is 6.13. The highest BCUT2D eigenvalue weighted by atomic mass is 15.0. The summed E-state index contributed by atoms with van der Waals surface area (Å²) in [6.45, 7) is 9.26. The summed E-state index contributed by atoms with van der Waals surface area (Å²) in [7, 11) is 0. The average molecular weight is 302 g/mol. The van der Waals surface area contributed by atoms with Crippen molar-refractivity contribution in [2.45, 2.75) is 33.1 Å². The Morgan fingerprint density at radius 3 is 2.48 bits per heavy atom. The molecule has 0 aliphatic heterocycles. The molecule has 4 aromatic rings. The van der Waals surface area contributed by atoms with Crippen LogP contribution >= 0.6 is 0 Å². The smallest absolute Gasteiger partial charge is 0.145 e. The molecule has 0 amide bonds. The molecule has 0 aliphatic carbocycles. The third-order valence-electron chi connectivity index (χ3n) is 5.52. The zero-order chi connectivity index (χ0) is 16.2. The van der Waals surface area contributed by atoms with Crippen LogP contribution in [0.5, 0.6) is 0 Å². The van der Waals surface area contributed by atoms with E-state index in [0.29, 0.717) is 5.92 Å². The van der Waals surface area contributed by atoms with E-state index in [-0.39, 0.29) is 5.41 Å². The van der Waals surface area contributed by atoms with E-state index < -0.39 is 0 Å². The Hall–Kier alpha value is -2.35. The molecule has 116 valence electrons. The van der Waals surface area contributed by atoms with Crippen molar-refractivity contribution in [2.75, 3.05) is 0 Å². The second-order valence-electron chi connectivity index (χ2n) is 7.24. The first-order chi connectivity index (χ1) is 11.0. The molecule has 0 atom stereocenters. The van der Waals surface area contributed by atoms with Crippen LogP contribution in [0.1, 0.15) is 33.3 Å². The van der Waals surface area contributed by atoms with Crippen molar-refractivity contribution < 1.29 is 0 Å². The van der Waals surface area contributed by atoms with E-state index in [1.54, 1.807) is 0 Å². The zero-order valence-electron chi connectivity index (χ0n) is 14.2. The average Bonchev–Trinajstić information content (AvgIpc) is 3.04. The summed E-state index contributed by atoms with van der Waals surface area (Å²) < 4.78 is 2.22. The molecule has 23 heavy (non-hydrogen) atoms. The molecule has 0 saturated heterocycles. The molecule has 0 N–H and O–H groups in total. The van der Waals surface area contributed by atoms with Gasteiger partial charge in [0.15, 0.2) is 0 Å². The molecule has 0 unspecified atom stereocenters. The molecule has 2 nitrogen and oxygen atoms in total. The predicted octanol–water partition coefficient (Wildman–Crippen LogP) is 5.57. The lowest BCUT2D eigenvalue weighted by molar-refractivity contribution is 0.375. The first kappa shape index (κ1) is 14.3. The lowest BCUT2D eigenvalue weighted by Crippen LogP contribution is -2.24. The van der Waals surface area contributed by atoms with Gasteiger partial charge in [0, 0.05) is 23.2 Å². The van der Waals surface area contributed by atoms with Crippen LogP contribution in [0.3, 0.4) is 0 Å². The van der Waals surface area contributed by atoms with Crippen LogP contribution in [0, 0.1) is 5.92 Å². The Labute approximate surface area is 136 Å². The topological polar surface area (TPSA) is 17.3 Å². The minimum atomic E-state index is 0.0917. The number of fused-ring (bicyclic) bond motifs is 6. The maximum absolute atomic E-state index is 4.69. The summed E-state index contributed by atoms with van der Waals surface area (Å²) in [4.78, 5) is 4.69. The number of hydrogen-bond donors (Lipinski definition) is 0. The van der Waals surface area contributed by atoms with Gasteiger partial charge in [-0.3, -0.25) is 4.40 Å². The molecule has 4 rings (SSSR count). The fourth-order valence-corrected chi connectivity index (χ4v) is 3.46. The van der Waals surface area contributed by atoms with E-state index in [2.05, 4.69) is 80.8 Å². The van der Waals surface area contributed by atoms with Crippen molar-refractivity contribution in [3.63, 3.8) is 0 Å². The number of aromatic nitrogens is 2. The van der Waals surface area contributed by atoms with Gasteiger partial charge in [0.1, 0.15) is 5.65 Å². The molecule has 2 heterocycles. The van der Waals surface area contributed by atoms with Crippen molar-refractivity contribution in [2.24, 2.45) is 5.92 Å². The molecule has 2 aromatic carbocycles. The number of hydrogen-bond acceptors (Lipinski definition) is 1. The van der Waals surface area contributed by atoms with E-state index >= 15 is 0 Å². The lowest BCUT2D eigenvalue weighted by Gasteiger charge is -2.31. The summed E-state index contributed by atoms with van der Waals surface area (Å²) in [5.41, 5.74) is 3.75. The van der Waals surface area contributed by atoms with Gasteiger partial charge in [-0.15, -0.1) is 0 Å². The van der Waals surface area contributed by atoms with Gasteiger partial charge in [0.05, 0.1) is 5.52 Å². The minimum Gasteiger partial charge on any atom is -0.299 e. The Bertz CT molecular complexity index is 1020. The molecule has 0 radical (unpaired) electrons. The van der Waals surface area contributed by atoms with Crippen LogP contribution in [0.2, 0.25) is 0 Å². The molecule has 0 spiro atoms. The van der Waals surface area contributed by atoms with Crippen molar-refractivity contribution in [3.8, 4) is 0 Å². The monoisotopic (exact) mass is 302 g/mol. The van der Waals surface area contributed by atoms with E-state index in [1.807, 2.05) is 6.20 Å². The van der Waals surface area contributed by atoms with E-state index in [1.165, 1.54) is 27.2 Å². The van der Waals surface area contributed by atoms with Gasteiger partial charge in [-0.05, 0) is 28.3 Å². The number of benzene rings is 2. The number of nitrogens with zero attached hydrogens (tertiary/aromatic N) is 2. The van der Waals surface area contributed by atoms with E-state index in [4.69, 9.17) is 4.98 Å². The van der Waals surface area contributed by atoms with Crippen LogP contribution in [0.4, 0.5) is 0 Å². The van der Waals surface area contributed by atoms with E-state index in [0.717, 1.165) is 5.65 Å². The number of rotatable bonds is 2. The first-order valence-corrected chi connectivity index (χ1v) is 8.29. The summed E-state index contributed by atoms with van der Waals surface area (Å²) in [6.07, 6.45) is 3.97. The lowest BCUT2D eigenvalue weighted by atomic mass is 9.73. The van der Waals surface area contributed by atoms with Gasteiger partial charge in [-0.1, -0.05) is 64.1 Å². The van der Waals surface area contributed by atoms with Gasteiger partial charge in [-0.25, -0.2) is 4.98 Å². The van der Waals surface area contributed by atoms with Gasteiger partial charge >= 0.3 is 0 Å². The Morgan fingerprint density at radius 1 is 0.957 bits per heavy atom. The molecule has 0 saturated carbocycles. The third-order valence-corrected chi connectivity index (χ3v) is 5.52. The minimum absolute atomic E-state index is 0.0917. The number of para-hydroxylation sites is 1. The van der Waals surface area contributed by atoms with Crippen LogP contribution < -0.4 is 0 Å². The van der Waals surface area contributed by atoms with Gasteiger partial charge in [0.25, 0.3) is 0 Å². The normalized spacial score (nSPS) is 12.7. The SMILES string of the molecule is CC(C)C(C)(C)c1cccc2c3ccccc3n3ccnc3c12. The Kier molecular flexibility index (Phi) is 2.99. The number of pyridine rings is 1. The van der Waals surface area contributed by atoms with Crippen LogP contribution in [-0.2, 0) is 5.41 Å². The summed E-state index contributed by atoms with van der Waals surface area (Å²) in [5, 5.41) is 3.87. The number of imidazole rings is 1. The van der Waals surface area contributed by atoms with Crippen molar-refractivity contribution in [3.05, 3.63) is 60.4 Å². The predicted molar refractivity (Wildman–Crippen MR) is 98.1 cm³/mol. The zero-order valence-corrected chi connectivity index (χ0v) is 14.2. The van der Waals surface area contributed by atoms with Gasteiger partial charge in [0.2, 0.25) is 0 Å². The molecule has 0 aliphatic rings. The second kappa shape index (κ2) is 4.82. The van der Waals surface area contributed by atoms with Crippen molar-refractivity contribution >= 4 is 27.3 Å². The maximum atomic E-state index is 4.69. The van der Waals surface area contributed by atoms with Crippen LogP contribution in [-0.4, -0.2) is 9.38 Å². The largest absolute Gasteiger partial charge is 0.299 e. The molecule has 0 bridgehead atoms. The summed E-state index contributed by atoms with van der Waals surface area (Å²) in [5.74, 6) is 0.551. The Morgan fingerprint density at radius 2 is 1.70 bits per heavy atom. The molecule has 2 aromatic heterocycles. The second-order valence-corrected chi connectivity index (χ2v) is 7.24. The van der Waals surface area contributed by atoms with Gasteiger partial charge in [-0.2, -0.15) is 0 Å². The highest BCUT2D eigenvalue weighted by Gasteiger charge is 2.28. The fourth-order valence-electron chi connectivity index (χ4n) is 3.46. The molecular formula is C21H22N2. The third kappa shape index (κ3) is 1.91. The van der Waals surface area contributed by atoms with Crippen LogP contribution in [0.15, 0.2) is 54.9 Å². The maximum Gasteiger partial charge on any atom is 0.145 e. The van der Waals surface area contributed by atoms with E-state index in [9.17, 15) is 0 Å². The van der Waals surface area contributed by atoms with Gasteiger partial charge < -0.3 is 0 Å². The van der Waals surface area contributed by atoms with Crippen molar-refractivity contribution in [1.82, 2.24) is 9.38 Å². The van der Waals surface area contributed by atoms with Crippen molar-refractivity contribution in [1.29, 1.82) is 0 Å². The standard InChI is InChI=1S/C21H22N2/c1-14(2)21(3,4)17-10-7-9-16-15-8-5-6-11-18(15)23-13-12-22-20(23)19(16)17/h5-14H,1-4H3.